The van der Waals surface area contributed by atoms with E-state index in [1.807, 2.05) is 35.6 Å². The van der Waals surface area contributed by atoms with E-state index in [1.165, 1.54) is 35.4 Å². The van der Waals surface area contributed by atoms with Crippen LogP contribution < -0.4 is 9.47 Å². The molecule has 5 rings (SSSR count). The molecule has 0 spiro atoms. The van der Waals surface area contributed by atoms with Gasteiger partial charge in [-0.3, -0.25) is 4.79 Å². The van der Waals surface area contributed by atoms with Gasteiger partial charge in [-0.25, -0.2) is 4.98 Å². The summed E-state index contributed by atoms with van der Waals surface area (Å²) in [5.41, 5.74) is 4.84. The number of carboxylic acid groups (broad SMARTS) is 1. The van der Waals surface area contributed by atoms with E-state index in [0.29, 0.717) is 13.2 Å². The Morgan fingerprint density at radius 1 is 1.00 bits per heavy atom. The fourth-order valence-corrected chi connectivity index (χ4v) is 5.96. The highest BCUT2D eigenvalue weighted by atomic mass is 32.1. The van der Waals surface area contributed by atoms with Crippen molar-refractivity contribution in [2.75, 3.05) is 13.2 Å². The van der Waals surface area contributed by atoms with Crippen molar-refractivity contribution in [2.45, 2.75) is 57.3 Å². The van der Waals surface area contributed by atoms with Crippen LogP contribution in [0.2, 0.25) is 0 Å². The van der Waals surface area contributed by atoms with E-state index in [1.54, 1.807) is 0 Å². The van der Waals surface area contributed by atoms with Crippen molar-refractivity contribution >= 4 is 17.3 Å². The van der Waals surface area contributed by atoms with Crippen LogP contribution in [-0.2, 0) is 24.1 Å². The fourth-order valence-electron chi connectivity index (χ4n) is 4.80. The zero-order chi connectivity index (χ0) is 22.6. The average Bonchev–Trinajstić information content (AvgIpc) is 3.43. The van der Waals surface area contributed by atoms with Crippen LogP contribution in [0, 0.1) is 0 Å². The molecule has 2 aromatic carbocycles. The normalized spacial score (nSPS) is 16.8. The van der Waals surface area contributed by atoms with Crippen LogP contribution >= 0.6 is 11.3 Å². The lowest BCUT2D eigenvalue weighted by atomic mass is 9.98. The highest BCUT2D eigenvalue weighted by Crippen LogP contribution is 2.37. The summed E-state index contributed by atoms with van der Waals surface area (Å²) in [7, 11) is 0. The molecular weight excluding hydrogens is 434 g/mol. The van der Waals surface area contributed by atoms with Crippen LogP contribution in [0.25, 0.3) is 10.6 Å². The van der Waals surface area contributed by atoms with Crippen molar-refractivity contribution in [3.8, 4) is 22.1 Å². The van der Waals surface area contributed by atoms with Gasteiger partial charge in [-0.1, -0.05) is 6.07 Å². The standard InChI is InChI=1S/C27H29NO4S/c29-26(30)17-20-7-6-19-16-22(12-13-23(19)20)32-15-3-14-31-21-10-8-18(9-11-21)27-28-24-4-1-2-5-25(24)33-27/h8-13,16,20H,1-7,14-15,17H2,(H,29,30)/t20-/m0/s1. The van der Waals surface area contributed by atoms with Gasteiger partial charge in [-0.05, 0) is 92.0 Å². The molecule has 0 saturated carbocycles. The number of carbonyl (C=O) groups is 1. The Bertz CT molecular complexity index is 1100. The van der Waals surface area contributed by atoms with Crippen LogP contribution in [0.3, 0.4) is 0 Å². The molecule has 2 aliphatic rings. The van der Waals surface area contributed by atoms with Gasteiger partial charge in [0, 0.05) is 16.9 Å². The number of rotatable bonds is 9. The summed E-state index contributed by atoms with van der Waals surface area (Å²) in [4.78, 5) is 17.3. The molecule has 3 aromatic rings. The molecule has 5 nitrogen and oxygen atoms in total. The zero-order valence-electron chi connectivity index (χ0n) is 18.7. The SMILES string of the molecule is O=C(O)C[C@@H]1CCc2cc(OCCCOc3ccc(-c4nc5c(s4)CCCC5)cc3)ccc21. The number of fused-ring (bicyclic) bond motifs is 2. The quantitative estimate of drug-likeness (QED) is 0.392. The van der Waals surface area contributed by atoms with Crippen molar-refractivity contribution < 1.29 is 19.4 Å². The summed E-state index contributed by atoms with van der Waals surface area (Å²) in [6, 6.07) is 14.3. The first-order valence-corrected chi connectivity index (χ1v) is 12.7. The molecule has 0 amide bonds. The molecule has 6 heteroatoms. The smallest absolute Gasteiger partial charge is 0.303 e. The van der Waals surface area contributed by atoms with Gasteiger partial charge in [0.2, 0.25) is 0 Å². The summed E-state index contributed by atoms with van der Waals surface area (Å²) in [6.07, 6.45) is 7.66. The third-order valence-corrected chi connectivity index (χ3v) is 7.72. The Morgan fingerprint density at radius 2 is 1.76 bits per heavy atom. The first kappa shape index (κ1) is 22.0. The van der Waals surface area contributed by atoms with Crippen molar-refractivity contribution in [1.29, 1.82) is 0 Å². The third-order valence-electron chi connectivity index (χ3n) is 6.51. The van der Waals surface area contributed by atoms with Crippen LogP contribution in [0.5, 0.6) is 11.5 Å². The van der Waals surface area contributed by atoms with Gasteiger partial charge in [0.05, 0.1) is 25.3 Å². The predicted octanol–water partition coefficient (Wildman–Crippen LogP) is 6.04. The maximum atomic E-state index is 11.0. The van der Waals surface area contributed by atoms with Crippen molar-refractivity contribution in [3.05, 3.63) is 64.2 Å². The molecule has 0 fully saturated rings. The van der Waals surface area contributed by atoms with Gasteiger partial charge in [0.15, 0.2) is 0 Å². The van der Waals surface area contributed by atoms with Crippen molar-refractivity contribution in [1.82, 2.24) is 4.98 Å². The minimum atomic E-state index is -0.732. The topological polar surface area (TPSA) is 68.7 Å². The summed E-state index contributed by atoms with van der Waals surface area (Å²) in [5.74, 6) is 1.11. The lowest BCUT2D eigenvalue weighted by Gasteiger charge is -2.11. The monoisotopic (exact) mass is 463 g/mol. The molecule has 172 valence electrons. The molecule has 1 heterocycles. The molecule has 1 N–H and O–H groups in total. The molecule has 33 heavy (non-hydrogen) atoms. The molecule has 2 aliphatic carbocycles. The summed E-state index contributed by atoms with van der Waals surface area (Å²) >= 11 is 1.83. The summed E-state index contributed by atoms with van der Waals surface area (Å²) < 4.78 is 11.8. The molecule has 0 saturated heterocycles. The number of benzene rings is 2. The van der Waals surface area contributed by atoms with Gasteiger partial charge >= 0.3 is 5.97 Å². The summed E-state index contributed by atoms with van der Waals surface area (Å²) in [6.45, 7) is 1.18. The second kappa shape index (κ2) is 9.96. The second-order valence-corrected chi connectivity index (χ2v) is 9.95. The van der Waals surface area contributed by atoms with Crippen molar-refractivity contribution in [3.63, 3.8) is 0 Å². The van der Waals surface area contributed by atoms with E-state index in [-0.39, 0.29) is 12.3 Å². The number of carboxylic acids is 1. The fraction of sp³-hybridized carbons (Fsp3) is 0.407. The first-order valence-electron chi connectivity index (χ1n) is 11.8. The zero-order valence-corrected chi connectivity index (χ0v) is 19.5. The first-order chi connectivity index (χ1) is 16.2. The van der Waals surface area contributed by atoms with E-state index in [9.17, 15) is 4.79 Å². The highest BCUT2D eigenvalue weighted by Gasteiger charge is 2.24. The Kier molecular flexibility index (Phi) is 6.63. The number of aryl methyl sites for hydroxylation is 3. The number of hydrogen-bond donors (Lipinski definition) is 1. The second-order valence-electron chi connectivity index (χ2n) is 8.86. The Labute approximate surface area is 198 Å². The molecule has 0 unspecified atom stereocenters. The van der Waals surface area contributed by atoms with Crippen LogP contribution in [-0.4, -0.2) is 29.3 Å². The van der Waals surface area contributed by atoms with Crippen LogP contribution in [0.15, 0.2) is 42.5 Å². The summed E-state index contributed by atoms with van der Waals surface area (Å²) in [5, 5.41) is 10.2. The van der Waals surface area contributed by atoms with Gasteiger partial charge < -0.3 is 14.6 Å². The average molecular weight is 464 g/mol. The molecule has 0 aliphatic heterocycles. The van der Waals surface area contributed by atoms with E-state index in [2.05, 4.69) is 18.2 Å². The van der Waals surface area contributed by atoms with E-state index in [4.69, 9.17) is 19.6 Å². The van der Waals surface area contributed by atoms with Gasteiger partial charge in [0.1, 0.15) is 16.5 Å². The molecule has 1 aromatic heterocycles. The largest absolute Gasteiger partial charge is 0.493 e. The maximum absolute atomic E-state index is 11.0. The maximum Gasteiger partial charge on any atom is 0.303 e. The third kappa shape index (κ3) is 5.22. The Hall–Kier alpha value is -2.86. The highest BCUT2D eigenvalue weighted by molar-refractivity contribution is 7.15. The van der Waals surface area contributed by atoms with Crippen LogP contribution in [0.4, 0.5) is 0 Å². The van der Waals surface area contributed by atoms with E-state index >= 15 is 0 Å². The Morgan fingerprint density at radius 3 is 2.55 bits per heavy atom. The van der Waals surface area contributed by atoms with Crippen molar-refractivity contribution in [2.24, 2.45) is 0 Å². The molecular formula is C27H29NO4S. The minimum Gasteiger partial charge on any atom is -0.493 e. The number of hydrogen-bond acceptors (Lipinski definition) is 5. The number of aromatic nitrogens is 1. The number of nitrogens with zero attached hydrogens (tertiary/aromatic N) is 1. The minimum absolute atomic E-state index is 0.132. The van der Waals surface area contributed by atoms with E-state index in [0.717, 1.165) is 53.3 Å². The van der Waals surface area contributed by atoms with Gasteiger partial charge in [-0.2, -0.15) is 0 Å². The molecule has 0 radical (unpaired) electrons. The molecule has 0 bridgehead atoms. The number of ether oxygens (including phenoxy) is 2. The van der Waals surface area contributed by atoms with Gasteiger partial charge in [0.25, 0.3) is 0 Å². The number of thiazole rings is 1. The predicted molar refractivity (Wildman–Crippen MR) is 130 cm³/mol. The van der Waals surface area contributed by atoms with Crippen LogP contribution in [0.1, 0.15) is 59.7 Å². The Balaban J connectivity index is 1.07. The lowest BCUT2D eigenvalue weighted by Crippen LogP contribution is -2.05. The van der Waals surface area contributed by atoms with Gasteiger partial charge in [-0.15, -0.1) is 11.3 Å². The lowest BCUT2D eigenvalue weighted by molar-refractivity contribution is -0.137. The molecule has 1 atom stereocenters. The van der Waals surface area contributed by atoms with E-state index < -0.39 is 5.97 Å². The number of aliphatic carboxylic acids is 1.